The summed E-state index contributed by atoms with van der Waals surface area (Å²) in [5.74, 6) is 0.157. The van der Waals surface area contributed by atoms with Gasteiger partial charge in [-0.25, -0.2) is 0 Å². The summed E-state index contributed by atoms with van der Waals surface area (Å²) >= 11 is 0. The van der Waals surface area contributed by atoms with Crippen molar-refractivity contribution >= 4 is 54.4 Å². The second kappa shape index (κ2) is 7.97. The van der Waals surface area contributed by atoms with Crippen molar-refractivity contribution in [3.8, 4) is 5.88 Å². The van der Waals surface area contributed by atoms with Gasteiger partial charge < -0.3 is 34.3 Å². The van der Waals surface area contributed by atoms with Crippen molar-refractivity contribution in [2.45, 2.75) is 31.8 Å². The highest BCUT2D eigenvalue weighted by Crippen LogP contribution is 2.47. The van der Waals surface area contributed by atoms with Gasteiger partial charge in [0.05, 0.1) is 41.7 Å². The molecule has 8 nitrogen and oxygen atoms in total. The average Bonchev–Trinajstić information content (AvgIpc) is 3.55. The number of aliphatic hydroxyl groups is 2. The third-order valence-corrected chi connectivity index (χ3v) is 8.89. The number of aromatic amines is 1. The Morgan fingerprint density at radius 3 is 2.24 bits per heavy atom. The molecule has 0 saturated carbocycles. The molecule has 2 unspecified atom stereocenters. The normalized spacial score (nSPS) is 21.4. The predicted molar refractivity (Wildman–Crippen MR) is 151 cm³/mol. The summed E-state index contributed by atoms with van der Waals surface area (Å²) in [5.41, 5.74) is 5.28. The van der Waals surface area contributed by atoms with Crippen molar-refractivity contribution in [2.24, 2.45) is 0 Å². The molecule has 0 spiro atoms. The molecule has 2 atom stereocenters. The van der Waals surface area contributed by atoms with Crippen LogP contribution < -0.4 is 0 Å². The number of H-pyrrole nitrogens is 1. The van der Waals surface area contributed by atoms with Crippen molar-refractivity contribution in [3.63, 3.8) is 0 Å². The minimum absolute atomic E-state index is 0.157. The molecule has 1 saturated heterocycles. The maximum Gasteiger partial charge on any atom is 0.197 e. The average molecular weight is 510 g/mol. The van der Waals surface area contributed by atoms with Crippen LogP contribution >= 0.6 is 0 Å². The van der Waals surface area contributed by atoms with Crippen LogP contribution in [0.15, 0.2) is 48.7 Å². The lowest BCUT2D eigenvalue weighted by Crippen LogP contribution is -2.43. The number of likely N-dealkylation sites (N-methyl/N-ethyl adjacent to an activating group) is 1. The number of aromatic nitrogens is 3. The number of piperazine rings is 1. The fraction of sp³-hybridized carbons (Fsp3) is 0.333. The van der Waals surface area contributed by atoms with E-state index < -0.39 is 12.2 Å². The van der Waals surface area contributed by atoms with Crippen molar-refractivity contribution in [1.29, 1.82) is 0 Å². The van der Waals surface area contributed by atoms with Crippen molar-refractivity contribution in [2.75, 3.05) is 33.2 Å². The van der Waals surface area contributed by atoms with Crippen LogP contribution in [0.4, 0.5) is 0 Å². The molecule has 0 amide bonds. The lowest BCUT2D eigenvalue weighted by Gasteiger charge is -2.32. The summed E-state index contributed by atoms with van der Waals surface area (Å²) < 4.78 is 4.31. The molecular formula is C30H31N5O3. The molecule has 8 heteroatoms. The Balaban J connectivity index is 1.50. The lowest BCUT2D eigenvalue weighted by atomic mass is 10.0. The summed E-state index contributed by atoms with van der Waals surface area (Å²) in [6, 6.07) is 14.8. The topological polar surface area (TPSA) is 92.8 Å². The second-order valence-electron chi connectivity index (χ2n) is 11.2. The number of hydrogen-bond donors (Lipinski definition) is 4. The van der Waals surface area contributed by atoms with Gasteiger partial charge in [-0.15, -0.1) is 0 Å². The van der Waals surface area contributed by atoms with Gasteiger partial charge in [0, 0.05) is 76.9 Å². The largest absolute Gasteiger partial charge is 0.494 e. The van der Waals surface area contributed by atoms with E-state index in [1.165, 1.54) is 5.56 Å². The quantitative estimate of drug-likeness (QED) is 0.286. The molecular weight excluding hydrogens is 478 g/mol. The molecule has 2 aliphatic rings. The first-order valence-corrected chi connectivity index (χ1v) is 13.4. The summed E-state index contributed by atoms with van der Waals surface area (Å²) in [6.45, 7) is 5.70. The molecule has 8 rings (SSSR count). The van der Waals surface area contributed by atoms with Gasteiger partial charge in [-0.3, -0.25) is 4.90 Å². The Hall–Kier alpha value is -3.56. The monoisotopic (exact) mass is 509 g/mol. The smallest absolute Gasteiger partial charge is 0.197 e. The SMILES string of the molecule is CN1CCN(Cc2ccc3c(c2)c2c4c(O)[nH]cc4c4c5ccccc5n5c4c2n3CC(O)C(O)C5)CC1. The van der Waals surface area contributed by atoms with Crippen LogP contribution in [0.3, 0.4) is 0 Å². The number of nitrogens with one attached hydrogen (secondary N) is 1. The van der Waals surface area contributed by atoms with Gasteiger partial charge in [0.2, 0.25) is 0 Å². The molecule has 4 N–H and O–H groups in total. The van der Waals surface area contributed by atoms with Gasteiger partial charge in [-0.1, -0.05) is 24.3 Å². The summed E-state index contributed by atoms with van der Waals surface area (Å²) in [6.07, 6.45) is 0.0810. The van der Waals surface area contributed by atoms with E-state index in [0.29, 0.717) is 6.54 Å². The van der Waals surface area contributed by atoms with Crippen LogP contribution in [0.5, 0.6) is 5.88 Å². The van der Waals surface area contributed by atoms with E-state index in [0.717, 1.165) is 87.1 Å². The Bertz CT molecular complexity index is 1890. The molecule has 2 aliphatic heterocycles. The van der Waals surface area contributed by atoms with Gasteiger partial charge in [0.1, 0.15) is 0 Å². The van der Waals surface area contributed by atoms with Gasteiger partial charge in [0.25, 0.3) is 0 Å². The maximum absolute atomic E-state index is 11.1. The Morgan fingerprint density at radius 1 is 0.789 bits per heavy atom. The number of rotatable bonds is 2. The molecule has 6 aromatic rings. The number of aromatic hydroxyl groups is 1. The predicted octanol–water partition coefficient (Wildman–Crippen LogP) is 3.57. The number of benzene rings is 3. The molecule has 0 aliphatic carbocycles. The van der Waals surface area contributed by atoms with E-state index >= 15 is 0 Å². The van der Waals surface area contributed by atoms with Crippen LogP contribution in [-0.2, 0) is 19.6 Å². The van der Waals surface area contributed by atoms with Crippen LogP contribution in [0.2, 0.25) is 0 Å². The number of fused-ring (bicyclic) bond motifs is 9. The van der Waals surface area contributed by atoms with E-state index in [2.05, 4.69) is 61.3 Å². The molecule has 0 bridgehead atoms. The third kappa shape index (κ3) is 3.00. The highest BCUT2D eigenvalue weighted by Gasteiger charge is 2.30. The fourth-order valence-corrected chi connectivity index (χ4v) is 6.95. The van der Waals surface area contributed by atoms with Crippen molar-refractivity contribution in [1.82, 2.24) is 23.9 Å². The molecule has 5 heterocycles. The van der Waals surface area contributed by atoms with Gasteiger partial charge >= 0.3 is 0 Å². The summed E-state index contributed by atoms with van der Waals surface area (Å²) in [4.78, 5) is 7.95. The van der Waals surface area contributed by atoms with E-state index in [1.807, 2.05) is 18.3 Å². The second-order valence-corrected chi connectivity index (χ2v) is 11.2. The van der Waals surface area contributed by atoms with Crippen molar-refractivity contribution < 1.29 is 15.3 Å². The van der Waals surface area contributed by atoms with Crippen LogP contribution in [0.25, 0.3) is 54.4 Å². The molecule has 3 aromatic heterocycles. The van der Waals surface area contributed by atoms with Crippen LogP contribution in [0.1, 0.15) is 5.56 Å². The van der Waals surface area contributed by atoms with E-state index in [-0.39, 0.29) is 12.4 Å². The first-order chi connectivity index (χ1) is 18.5. The standard InChI is InChI=1S/C30H31N5O3/c1-32-8-10-33(11-9-32)14-17-6-7-22-19(12-17)26-27-20(13-31-30(27)38)25-18-4-2-3-5-21(18)34-15-23(36)24(37)16-35(22)29(26)28(25)34/h2-7,12-13,23-24,31,36-38H,8-11,14-16H2,1H3. The fourth-order valence-electron chi connectivity index (χ4n) is 6.95. The molecule has 194 valence electrons. The first kappa shape index (κ1) is 22.4. The number of para-hydroxylation sites is 1. The number of aliphatic hydroxyl groups excluding tert-OH is 2. The molecule has 1 fully saturated rings. The van der Waals surface area contributed by atoms with E-state index in [1.54, 1.807) is 0 Å². The number of hydrogen-bond acceptors (Lipinski definition) is 5. The summed E-state index contributed by atoms with van der Waals surface area (Å²) in [5, 5.41) is 39.2. The first-order valence-electron chi connectivity index (χ1n) is 13.4. The highest BCUT2D eigenvalue weighted by atomic mass is 16.3. The van der Waals surface area contributed by atoms with Crippen molar-refractivity contribution in [3.05, 3.63) is 54.2 Å². The molecule has 3 aromatic carbocycles. The van der Waals surface area contributed by atoms with E-state index in [9.17, 15) is 15.3 Å². The minimum atomic E-state index is -0.918. The Kier molecular flexibility index (Phi) is 4.70. The minimum Gasteiger partial charge on any atom is -0.494 e. The highest BCUT2D eigenvalue weighted by molar-refractivity contribution is 6.36. The maximum atomic E-state index is 11.1. The zero-order chi connectivity index (χ0) is 25.7. The Labute approximate surface area is 218 Å². The van der Waals surface area contributed by atoms with Crippen LogP contribution in [-0.4, -0.2) is 84.7 Å². The zero-order valence-corrected chi connectivity index (χ0v) is 21.4. The number of nitrogens with zero attached hydrogens (tertiary/aromatic N) is 4. The molecule has 0 radical (unpaired) electrons. The van der Waals surface area contributed by atoms with Crippen LogP contribution in [0, 0.1) is 0 Å². The Morgan fingerprint density at radius 2 is 1.47 bits per heavy atom. The van der Waals surface area contributed by atoms with Gasteiger partial charge in [0.15, 0.2) is 5.88 Å². The lowest BCUT2D eigenvalue weighted by molar-refractivity contribution is 0.00168. The summed E-state index contributed by atoms with van der Waals surface area (Å²) in [7, 11) is 2.17. The third-order valence-electron chi connectivity index (χ3n) is 8.89. The van der Waals surface area contributed by atoms with E-state index in [4.69, 9.17) is 0 Å². The van der Waals surface area contributed by atoms with Gasteiger partial charge in [-0.2, -0.15) is 0 Å². The zero-order valence-electron chi connectivity index (χ0n) is 21.4. The van der Waals surface area contributed by atoms with Gasteiger partial charge in [-0.05, 0) is 30.8 Å². The molecule has 38 heavy (non-hydrogen) atoms.